The Kier molecular flexibility index (Phi) is 5.95. The molecular weight excluding hydrogens is 273 g/mol. The topological polar surface area (TPSA) is 21.3 Å². The largest absolute Gasteiger partial charge is 0.383 e. The highest BCUT2D eigenvalue weighted by Gasteiger charge is 2.10. The van der Waals surface area contributed by atoms with Crippen LogP contribution in [0.25, 0.3) is 0 Å². The number of hydrogen-bond donors (Lipinski definition) is 1. The SMILES string of the molecule is COCCNCC(C)c1cc(Br)ccc1F. The van der Waals surface area contributed by atoms with E-state index >= 15 is 0 Å². The van der Waals surface area contributed by atoms with Crippen molar-refractivity contribution in [2.45, 2.75) is 12.8 Å². The minimum atomic E-state index is -0.149. The van der Waals surface area contributed by atoms with Crippen LogP contribution in [-0.2, 0) is 4.74 Å². The molecule has 0 heterocycles. The number of benzene rings is 1. The molecule has 1 atom stereocenters. The zero-order valence-corrected chi connectivity index (χ0v) is 11.2. The van der Waals surface area contributed by atoms with Crippen molar-refractivity contribution in [2.24, 2.45) is 0 Å². The molecule has 0 bridgehead atoms. The van der Waals surface area contributed by atoms with Gasteiger partial charge in [-0.25, -0.2) is 4.39 Å². The van der Waals surface area contributed by atoms with Gasteiger partial charge in [0, 0.05) is 24.7 Å². The van der Waals surface area contributed by atoms with Crippen molar-refractivity contribution in [2.75, 3.05) is 26.8 Å². The Morgan fingerprint density at radius 3 is 2.94 bits per heavy atom. The molecule has 1 N–H and O–H groups in total. The molecule has 0 spiro atoms. The summed E-state index contributed by atoms with van der Waals surface area (Å²) in [6.45, 7) is 4.21. The van der Waals surface area contributed by atoms with E-state index in [1.165, 1.54) is 6.07 Å². The van der Waals surface area contributed by atoms with Crippen LogP contribution in [0.3, 0.4) is 0 Å². The summed E-state index contributed by atoms with van der Waals surface area (Å²) in [5.74, 6) is -0.00130. The van der Waals surface area contributed by atoms with Gasteiger partial charge in [-0.1, -0.05) is 22.9 Å². The van der Waals surface area contributed by atoms with Crippen LogP contribution in [0.5, 0.6) is 0 Å². The van der Waals surface area contributed by atoms with E-state index in [9.17, 15) is 4.39 Å². The maximum absolute atomic E-state index is 13.5. The summed E-state index contributed by atoms with van der Waals surface area (Å²) >= 11 is 3.35. The molecule has 2 nitrogen and oxygen atoms in total. The Morgan fingerprint density at radius 2 is 2.25 bits per heavy atom. The zero-order valence-electron chi connectivity index (χ0n) is 9.59. The highest BCUT2D eigenvalue weighted by molar-refractivity contribution is 9.10. The van der Waals surface area contributed by atoms with Crippen LogP contribution in [0.1, 0.15) is 18.4 Å². The summed E-state index contributed by atoms with van der Waals surface area (Å²) in [5.41, 5.74) is 0.735. The number of ether oxygens (including phenoxy) is 1. The van der Waals surface area contributed by atoms with E-state index in [4.69, 9.17) is 4.74 Å². The van der Waals surface area contributed by atoms with Crippen molar-refractivity contribution in [3.05, 3.63) is 34.1 Å². The van der Waals surface area contributed by atoms with Gasteiger partial charge in [-0.2, -0.15) is 0 Å². The lowest BCUT2D eigenvalue weighted by Crippen LogP contribution is -2.24. The highest BCUT2D eigenvalue weighted by atomic mass is 79.9. The first-order valence-corrected chi connectivity index (χ1v) is 6.09. The van der Waals surface area contributed by atoms with Crippen LogP contribution < -0.4 is 5.32 Å². The van der Waals surface area contributed by atoms with Crippen molar-refractivity contribution < 1.29 is 9.13 Å². The fourth-order valence-electron chi connectivity index (χ4n) is 1.50. The van der Waals surface area contributed by atoms with Gasteiger partial charge in [-0.15, -0.1) is 0 Å². The van der Waals surface area contributed by atoms with Gasteiger partial charge in [-0.3, -0.25) is 0 Å². The van der Waals surface area contributed by atoms with Crippen molar-refractivity contribution in [1.29, 1.82) is 0 Å². The summed E-state index contributed by atoms with van der Waals surface area (Å²) in [5, 5.41) is 3.22. The third-order valence-electron chi connectivity index (χ3n) is 2.42. The molecule has 0 fully saturated rings. The molecule has 1 rings (SSSR count). The third-order valence-corrected chi connectivity index (χ3v) is 2.92. The summed E-state index contributed by atoms with van der Waals surface area (Å²) in [7, 11) is 1.67. The van der Waals surface area contributed by atoms with Gasteiger partial charge >= 0.3 is 0 Å². The van der Waals surface area contributed by atoms with Gasteiger partial charge < -0.3 is 10.1 Å². The summed E-state index contributed by atoms with van der Waals surface area (Å²) in [6.07, 6.45) is 0. The molecule has 0 saturated carbocycles. The van der Waals surface area contributed by atoms with Crippen molar-refractivity contribution in [3.8, 4) is 0 Å². The molecule has 0 saturated heterocycles. The van der Waals surface area contributed by atoms with E-state index in [0.717, 1.165) is 23.1 Å². The number of methoxy groups -OCH3 is 1. The predicted molar refractivity (Wildman–Crippen MR) is 67.3 cm³/mol. The van der Waals surface area contributed by atoms with Gasteiger partial charge in [-0.05, 0) is 29.7 Å². The lowest BCUT2D eigenvalue weighted by atomic mass is 10.0. The van der Waals surface area contributed by atoms with E-state index in [1.54, 1.807) is 13.2 Å². The highest BCUT2D eigenvalue weighted by Crippen LogP contribution is 2.22. The molecule has 0 amide bonds. The van der Waals surface area contributed by atoms with Gasteiger partial charge in [0.1, 0.15) is 5.82 Å². The first kappa shape index (κ1) is 13.6. The number of hydrogen-bond acceptors (Lipinski definition) is 2. The molecule has 0 aliphatic rings. The molecule has 0 radical (unpaired) electrons. The third kappa shape index (κ3) is 4.20. The van der Waals surface area contributed by atoms with Crippen LogP contribution in [0, 0.1) is 5.82 Å². The smallest absolute Gasteiger partial charge is 0.126 e. The van der Waals surface area contributed by atoms with Crippen LogP contribution in [0.15, 0.2) is 22.7 Å². The predicted octanol–water partition coefficient (Wildman–Crippen LogP) is 2.93. The number of nitrogens with one attached hydrogen (secondary N) is 1. The quantitative estimate of drug-likeness (QED) is 0.813. The van der Waals surface area contributed by atoms with Gasteiger partial charge in [0.15, 0.2) is 0 Å². The molecule has 1 aromatic carbocycles. The molecule has 0 aliphatic carbocycles. The van der Waals surface area contributed by atoms with E-state index in [0.29, 0.717) is 6.61 Å². The zero-order chi connectivity index (χ0) is 12.0. The second kappa shape index (κ2) is 6.99. The van der Waals surface area contributed by atoms with Crippen LogP contribution in [0.4, 0.5) is 4.39 Å². The first-order valence-electron chi connectivity index (χ1n) is 5.29. The van der Waals surface area contributed by atoms with Crippen molar-refractivity contribution >= 4 is 15.9 Å². The van der Waals surface area contributed by atoms with Crippen LogP contribution in [-0.4, -0.2) is 26.8 Å². The minimum Gasteiger partial charge on any atom is -0.383 e. The second-order valence-corrected chi connectivity index (χ2v) is 4.68. The van der Waals surface area contributed by atoms with E-state index in [1.807, 2.05) is 13.0 Å². The molecule has 0 aliphatic heterocycles. The monoisotopic (exact) mass is 289 g/mol. The van der Waals surface area contributed by atoms with Crippen LogP contribution in [0.2, 0.25) is 0 Å². The number of halogens is 2. The standard InChI is InChI=1S/C12H17BrFNO/c1-9(8-15-5-6-16-2)11-7-10(13)3-4-12(11)14/h3-4,7,9,15H,5-6,8H2,1-2H3. The Bertz CT molecular complexity index is 333. The van der Waals surface area contributed by atoms with Gasteiger partial charge in [0.2, 0.25) is 0 Å². The van der Waals surface area contributed by atoms with Crippen molar-refractivity contribution in [3.63, 3.8) is 0 Å². The summed E-state index contributed by atoms with van der Waals surface area (Å²) in [4.78, 5) is 0. The lowest BCUT2D eigenvalue weighted by molar-refractivity contribution is 0.199. The fraction of sp³-hybridized carbons (Fsp3) is 0.500. The Labute approximate surface area is 104 Å². The molecular formula is C12H17BrFNO. The van der Waals surface area contributed by atoms with E-state index in [2.05, 4.69) is 21.2 Å². The lowest BCUT2D eigenvalue weighted by Gasteiger charge is -2.14. The summed E-state index contributed by atoms with van der Waals surface area (Å²) < 4.78 is 19.4. The van der Waals surface area contributed by atoms with E-state index < -0.39 is 0 Å². The van der Waals surface area contributed by atoms with Crippen LogP contribution >= 0.6 is 15.9 Å². The maximum Gasteiger partial charge on any atom is 0.126 e. The van der Waals surface area contributed by atoms with Gasteiger partial charge in [0.05, 0.1) is 6.61 Å². The average Bonchev–Trinajstić information content (AvgIpc) is 2.27. The van der Waals surface area contributed by atoms with Gasteiger partial charge in [0.25, 0.3) is 0 Å². The molecule has 1 aromatic rings. The molecule has 0 aromatic heterocycles. The Morgan fingerprint density at radius 1 is 1.50 bits per heavy atom. The Balaban J connectivity index is 2.51. The molecule has 16 heavy (non-hydrogen) atoms. The Hall–Kier alpha value is -0.450. The molecule has 90 valence electrons. The average molecular weight is 290 g/mol. The molecule has 4 heteroatoms. The second-order valence-electron chi connectivity index (χ2n) is 3.76. The first-order chi connectivity index (χ1) is 7.65. The molecule has 1 unspecified atom stereocenters. The summed E-state index contributed by atoms with van der Waals surface area (Å²) in [6, 6.07) is 5.03. The fourth-order valence-corrected chi connectivity index (χ4v) is 1.87. The normalized spacial score (nSPS) is 12.8. The van der Waals surface area contributed by atoms with E-state index in [-0.39, 0.29) is 11.7 Å². The maximum atomic E-state index is 13.5. The minimum absolute atomic E-state index is 0.148. The van der Waals surface area contributed by atoms with Crippen molar-refractivity contribution in [1.82, 2.24) is 5.32 Å². The number of rotatable bonds is 6.